The van der Waals surface area contributed by atoms with E-state index in [4.69, 9.17) is 23.2 Å². The smallest absolute Gasteiger partial charge is 0.305 e. The summed E-state index contributed by atoms with van der Waals surface area (Å²) >= 11 is 11.8. The van der Waals surface area contributed by atoms with Crippen LogP contribution in [0.3, 0.4) is 0 Å². The Labute approximate surface area is 185 Å². The Hall–Kier alpha value is -1.88. The van der Waals surface area contributed by atoms with Gasteiger partial charge in [0.1, 0.15) is 6.04 Å². The van der Waals surface area contributed by atoms with Crippen LogP contribution in [-0.4, -0.2) is 81.0 Å². The van der Waals surface area contributed by atoms with Gasteiger partial charge in [-0.15, -0.1) is 0 Å². The highest BCUT2D eigenvalue weighted by molar-refractivity contribution is 7.88. The summed E-state index contributed by atoms with van der Waals surface area (Å²) in [5, 5.41) is 3.11. The van der Waals surface area contributed by atoms with Crippen LogP contribution in [-0.2, 0) is 24.3 Å². The third-order valence-corrected chi connectivity index (χ3v) is 6.71. The Kier molecular flexibility index (Phi) is 8.48. The van der Waals surface area contributed by atoms with E-state index in [-0.39, 0.29) is 54.6 Å². The zero-order valence-electron chi connectivity index (χ0n) is 16.6. The van der Waals surface area contributed by atoms with Gasteiger partial charge >= 0.3 is 5.97 Å². The van der Waals surface area contributed by atoms with Crippen LogP contribution in [0.25, 0.3) is 0 Å². The molecule has 0 radical (unpaired) electrons. The molecule has 0 unspecified atom stereocenters. The van der Waals surface area contributed by atoms with Crippen molar-refractivity contribution in [2.45, 2.75) is 18.9 Å². The van der Waals surface area contributed by atoms with E-state index in [1.54, 1.807) is 0 Å². The van der Waals surface area contributed by atoms with Gasteiger partial charge in [0.15, 0.2) is 0 Å². The number of hydrogen-bond acceptors (Lipinski definition) is 6. The number of nitrogens with one attached hydrogen (secondary N) is 1. The summed E-state index contributed by atoms with van der Waals surface area (Å²) in [7, 11) is -2.11. The van der Waals surface area contributed by atoms with Crippen LogP contribution >= 0.6 is 23.2 Å². The molecule has 1 atom stereocenters. The lowest BCUT2D eigenvalue weighted by Crippen LogP contribution is -2.55. The maximum absolute atomic E-state index is 13.0. The van der Waals surface area contributed by atoms with Gasteiger partial charge in [0, 0.05) is 38.2 Å². The number of piperazine rings is 1. The molecule has 9 nitrogen and oxygen atoms in total. The van der Waals surface area contributed by atoms with Crippen LogP contribution in [0.15, 0.2) is 18.2 Å². The summed E-state index contributed by atoms with van der Waals surface area (Å²) in [5.41, 5.74) is 0.210. The molecular formula is C18H23Cl2N3O6S. The number of ether oxygens (including phenoxy) is 1. The van der Waals surface area contributed by atoms with Crippen molar-refractivity contribution in [1.82, 2.24) is 14.5 Å². The van der Waals surface area contributed by atoms with Crippen molar-refractivity contribution in [3.05, 3.63) is 33.8 Å². The average Bonchev–Trinajstić information content (AvgIpc) is 2.71. The monoisotopic (exact) mass is 479 g/mol. The molecule has 1 aliphatic rings. The number of rotatable bonds is 7. The molecule has 1 aromatic carbocycles. The quantitative estimate of drug-likeness (QED) is 0.586. The van der Waals surface area contributed by atoms with Crippen LogP contribution in [0.1, 0.15) is 23.2 Å². The Morgan fingerprint density at radius 3 is 2.30 bits per heavy atom. The molecule has 1 heterocycles. The van der Waals surface area contributed by atoms with Crippen molar-refractivity contribution < 1.29 is 27.5 Å². The van der Waals surface area contributed by atoms with Gasteiger partial charge in [0.2, 0.25) is 15.9 Å². The Bertz CT molecular complexity index is 916. The van der Waals surface area contributed by atoms with E-state index < -0.39 is 33.8 Å². The number of esters is 1. The lowest BCUT2D eigenvalue weighted by molar-refractivity contribution is -0.141. The molecule has 0 saturated carbocycles. The first-order valence-electron chi connectivity index (χ1n) is 9.09. The zero-order chi connectivity index (χ0) is 22.5. The van der Waals surface area contributed by atoms with Gasteiger partial charge in [0.25, 0.3) is 5.91 Å². The normalized spacial score (nSPS) is 16.1. The maximum Gasteiger partial charge on any atom is 0.305 e. The van der Waals surface area contributed by atoms with Gasteiger partial charge in [-0.2, -0.15) is 4.31 Å². The van der Waals surface area contributed by atoms with Crippen molar-refractivity contribution in [3.63, 3.8) is 0 Å². The number of hydrogen-bond donors (Lipinski definition) is 1. The molecule has 0 aromatic heterocycles. The molecule has 1 aliphatic heterocycles. The summed E-state index contributed by atoms with van der Waals surface area (Å²) in [4.78, 5) is 38.6. The highest BCUT2D eigenvalue weighted by Gasteiger charge is 2.31. The second-order valence-electron chi connectivity index (χ2n) is 6.76. The zero-order valence-corrected chi connectivity index (χ0v) is 18.9. The minimum Gasteiger partial charge on any atom is -0.469 e. The minimum absolute atomic E-state index is 0.0326. The number of halogens is 2. The van der Waals surface area contributed by atoms with E-state index in [0.717, 1.165) is 6.26 Å². The Morgan fingerprint density at radius 1 is 1.13 bits per heavy atom. The van der Waals surface area contributed by atoms with Crippen LogP contribution in [0.4, 0.5) is 0 Å². The lowest BCUT2D eigenvalue weighted by atomic mass is 10.1. The number of carbonyl (C=O) groups excluding carboxylic acids is 3. The van der Waals surface area contributed by atoms with E-state index in [1.165, 1.54) is 34.5 Å². The molecule has 1 fully saturated rings. The molecule has 1 aromatic rings. The van der Waals surface area contributed by atoms with Crippen LogP contribution in [0, 0.1) is 0 Å². The largest absolute Gasteiger partial charge is 0.469 e. The molecule has 30 heavy (non-hydrogen) atoms. The summed E-state index contributed by atoms with van der Waals surface area (Å²) in [6.45, 7) is 0.691. The molecule has 2 amide bonds. The van der Waals surface area contributed by atoms with Gasteiger partial charge in [-0.25, -0.2) is 8.42 Å². The lowest BCUT2D eigenvalue weighted by Gasteiger charge is -2.35. The van der Waals surface area contributed by atoms with Gasteiger partial charge in [-0.1, -0.05) is 23.2 Å². The molecule has 1 saturated heterocycles. The maximum atomic E-state index is 13.0. The van der Waals surface area contributed by atoms with Crippen molar-refractivity contribution in [2.24, 2.45) is 0 Å². The van der Waals surface area contributed by atoms with Gasteiger partial charge in [-0.3, -0.25) is 14.4 Å². The second-order valence-corrected chi connectivity index (χ2v) is 9.55. The first-order valence-corrected chi connectivity index (χ1v) is 11.7. The molecule has 0 bridgehead atoms. The fraction of sp³-hybridized carbons (Fsp3) is 0.500. The molecule has 166 valence electrons. The molecule has 12 heteroatoms. The molecule has 0 spiro atoms. The first-order chi connectivity index (χ1) is 14.0. The minimum atomic E-state index is -3.34. The van der Waals surface area contributed by atoms with Gasteiger partial charge in [0.05, 0.1) is 23.4 Å². The highest BCUT2D eigenvalue weighted by Crippen LogP contribution is 2.22. The van der Waals surface area contributed by atoms with Gasteiger partial charge < -0.3 is 15.0 Å². The number of amides is 2. The molecule has 0 aliphatic carbocycles. The summed E-state index contributed by atoms with van der Waals surface area (Å²) < 4.78 is 29.2. The Balaban J connectivity index is 2.11. The predicted octanol–water partition coefficient (Wildman–Crippen LogP) is 1.15. The number of carbonyl (C=O) groups is 3. The van der Waals surface area contributed by atoms with E-state index >= 15 is 0 Å². The van der Waals surface area contributed by atoms with Gasteiger partial charge in [-0.05, 0) is 24.6 Å². The Morgan fingerprint density at radius 2 is 1.77 bits per heavy atom. The summed E-state index contributed by atoms with van der Waals surface area (Å²) in [6, 6.07) is 3.33. The van der Waals surface area contributed by atoms with Crippen LogP contribution in [0.2, 0.25) is 10.0 Å². The second kappa shape index (κ2) is 10.4. The van der Waals surface area contributed by atoms with E-state index in [0.29, 0.717) is 0 Å². The van der Waals surface area contributed by atoms with Crippen molar-refractivity contribution in [2.75, 3.05) is 39.5 Å². The van der Waals surface area contributed by atoms with Crippen LogP contribution in [0.5, 0.6) is 0 Å². The standard InChI is InChI=1S/C18H23Cl2N3O6S/c1-29-16(24)6-5-15(21-17(25)12-3-4-13(19)14(20)11-12)18(26)22-7-9-23(10-8-22)30(2,27)28/h3-4,11,15H,5-10H2,1-2H3,(H,21,25)/t15-/m0/s1. The van der Waals surface area contributed by atoms with Crippen molar-refractivity contribution >= 4 is 51.0 Å². The molecular weight excluding hydrogens is 457 g/mol. The predicted molar refractivity (Wildman–Crippen MR) is 112 cm³/mol. The molecule has 2 rings (SSSR count). The third-order valence-electron chi connectivity index (χ3n) is 4.67. The third kappa shape index (κ3) is 6.56. The van der Waals surface area contributed by atoms with E-state index in [1.807, 2.05) is 0 Å². The number of sulfonamides is 1. The van der Waals surface area contributed by atoms with Crippen LogP contribution < -0.4 is 5.32 Å². The number of methoxy groups -OCH3 is 1. The summed E-state index contributed by atoms with van der Waals surface area (Å²) in [6.07, 6.45) is 1.07. The van der Waals surface area contributed by atoms with E-state index in [2.05, 4.69) is 10.1 Å². The number of nitrogens with zero attached hydrogens (tertiary/aromatic N) is 2. The van der Waals surface area contributed by atoms with Crippen molar-refractivity contribution in [3.8, 4) is 0 Å². The fourth-order valence-electron chi connectivity index (χ4n) is 2.96. The average molecular weight is 480 g/mol. The van der Waals surface area contributed by atoms with E-state index in [9.17, 15) is 22.8 Å². The van der Waals surface area contributed by atoms with Crippen molar-refractivity contribution in [1.29, 1.82) is 0 Å². The highest BCUT2D eigenvalue weighted by atomic mass is 35.5. The summed E-state index contributed by atoms with van der Waals surface area (Å²) in [5.74, 6) is -1.47. The first kappa shape index (κ1) is 24.4. The topological polar surface area (TPSA) is 113 Å². The number of benzene rings is 1. The molecule has 1 N–H and O–H groups in total. The fourth-order valence-corrected chi connectivity index (χ4v) is 4.09. The SMILES string of the molecule is COC(=O)CC[C@H](NC(=O)c1ccc(Cl)c(Cl)c1)C(=O)N1CCN(S(C)(=O)=O)CC1.